The minimum absolute atomic E-state index is 0.0229. The number of piperidine rings is 1. The number of carbonyl (C=O) groups is 5. The number of nitrogens with zero attached hydrogens (tertiary/aromatic N) is 1. The zero-order chi connectivity index (χ0) is 47.8. The molecule has 5 aromatic rings. The van der Waals surface area contributed by atoms with Gasteiger partial charge in [-0.2, -0.15) is 0 Å². The highest BCUT2D eigenvalue weighted by molar-refractivity contribution is 7.89. The second-order valence-electron chi connectivity index (χ2n) is 14.9. The molecule has 4 aromatic carbocycles. The van der Waals surface area contributed by atoms with Gasteiger partial charge in [0.15, 0.2) is 5.43 Å². The Morgan fingerprint density at radius 2 is 1.51 bits per heavy atom. The number of primary amides is 1. The van der Waals surface area contributed by atoms with E-state index in [4.69, 9.17) is 50.2 Å². The Hall–Kier alpha value is -6.68. The molecule has 4 N–H and O–H groups in total. The highest BCUT2D eigenvalue weighted by atomic mass is 35.5. The summed E-state index contributed by atoms with van der Waals surface area (Å²) in [6.07, 6.45) is 0.0771. The first kappa shape index (κ1) is 48.3. The summed E-state index contributed by atoms with van der Waals surface area (Å²) in [4.78, 5) is 76.5. The fraction of sp³-hybridized carbons (Fsp3) is 0.304. The molecule has 19 nitrogen and oxygen atoms in total. The summed E-state index contributed by atoms with van der Waals surface area (Å²) in [6, 6.07) is 16.7. The van der Waals surface area contributed by atoms with Crippen LogP contribution >= 0.6 is 11.6 Å². The van der Waals surface area contributed by atoms with Crippen LogP contribution in [-0.2, 0) is 33.8 Å². The number of rotatable bonds is 22. The Balaban J connectivity index is 0.840. The fourth-order valence-corrected chi connectivity index (χ4v) is 8.41. The molecule has 2 aliphatic heterocycles. The number of halogens is 1. The lowest BCUT2D eigenvalue weighted by atomic mass is 9.99. The van der Waals surface area contributed by atoms with Crippen LogP contribution < -0.4 is 35.4 Å². The number of sulfonamides is 1. The molecule has 5 amide bonds. The topological polar surface area (TPSA) is 258 Å². The van der Waals surface area contributed by atoms with Gasteiger partial charge in [-0.25, -0.2) is 13.1 Å². The van der Waals surface area contributed by atoms with Crippen molar-refractivity contribution in [2.24, 2.45) is 5.73 Å². The Labute approximate surface area is 388 Å². The molecule has 1 unspecified atom stereocenters. The molecule has 1 atom stereocenters. The van der Waals surface area contributed by atoms with Gasteiger partial charge in [0.2, 0.25) is 27.7 Å². The lowest BCUT2D eigenvalue weighted by Crippen LogP contribution is -2.54. The Kier molecular flexibility index (Phi) is 15.3. The number of imide groups is 2. The van der Waals surface area contributed by atoms with Crippen molar-refractivity contribution < 1.29 is 65.2 Å². The number of amides is 5. The van der Waals surface area contributed by atoms with Crippen molar-refractivity contribution in [3.05, 3.63) is 105 Å². The fourth-order valence-electron chi connectivity index (χ4n) is 7.35. The van der Waals surface area contributed by atoms with Crippen LogP contribution in [0.1, 0.15) is 50.8 Å². The highest BCUT2D eigenvalue weighted by Crippen LogP contribution is 2.38. The number of hydrogen-bond acceptors (Lipinski definition) is 15. The van der Waals surface area contributed by atoms with Crippen molar-refractivity contribution in [3.63, 3.8) is 0 Å². The zero-order valence-electron chi connectivity index (χ0n) is 36.2. The Morgan fingerprint density at radius 1 is 0.806 bits per heavy atom. The van der Waals surface area contributed by atoms with Gasteiger partial charge in [-0.3, -0.25) is 39.0 Å². The van der Waals surface area contributed by atoms with E-state index in [2.05, 4.69) is 10.0 Å². The largest absolute Gasteiger partial charge is 0.493 e. The molecule has 1 aromatic heterocycles. The van der Waals surface area contributed by atoms with E-state index in [9.17, 15) is 37.2 Å². The van der Waals surface area contributed by atoms with E-state index in [1.165, 1.54) is 43.4 Å². The molecule has 0 radical (unpaired) electrons. The third kappa shape index (κ3) is 11.0. The standard InChI is InChI=1S/C46H45ClN4O15S/c1-3-63-38-25-40-33(23-32(38)26-19-27(43(48)54)21-29(20-26)67(58,59)49-2)36(52)24-39(66-40)30-8-7-28(22-34(30)47)64-17-15-61-13-11-60-12-14-62-16-18-65-37-6-4-5-31-42(37)46(57)51(45(31)56)35-9-10-41(53)50-44(35)55/h4-8,19-25,35,49H,3,9-18H2,1-2H3,(H2,48,54)(H,50,53,55). The van der Waals surface area contributed by atoms with Crippen LogP contribution in [0, 0.1) is 0 Å². The summed E-state index contributed by atoms with van der Waals surface area (Å²) in [5.41, 5.74) is 6.45. The molecular formula is C46H45ClN4O15S. The lowest BCUT2D eigenvalue weighted by Gasteiger charge is -2.27. The average Bonchev–Trinajstić information content (AvgIpc) is 3.56. The molecular weight excluding hydrogens is 916 g/mol. The van der Waals surface area contributed by atoms with Crippen molar-refractivity contribution in [2.75, 3.05) is 66.5 Å². The van der Waals surface area contributed by atoms with Crippen LogP contribution in [0.4, 0.5) is 0 Å². The van der Waals surface area contributed by atoms with Gasteiger partial charge in [0, 0.05) is 35.2 Å². The van der Waals surface area contributed by atoms with Crippen LogP contribution in [-0.4, -0.2) is 115 Å². The molecule has 1 fully saturated rings. The van der Waals surface area contributed by atoms with Crippen LogP contribution in [0.25, 0.3) is 33.4 Å². The summed E-state index contributed by atoms with van der Waals surface area (Å²) >= 11 is 6.64. The van der Waals surface area contributed by atoms with Crippen LogP contribution in [0.15, 0.2) is 86.9 Å². The minimum Gasteiger partial charge on any atom is -0.493 e. The molecule has 67 heavy (non-hydrogen) atoms. The molecule has 21 heteroatoms. The van der Waals surface area contributed by atoms with Crippen LogP contribution in [0.5, 0.6) is 17.2 Å². The number of benzene rings is 4. The molecule has 1 saturated heterocycles. The monoisotopic (exact) mass is 960 g/mol. The minimum atomic E-state index is -3.97. The van der Waals surface area contributed by atoms with E-state index in [0.29, 0.717) is 30.1 Å². The third-order valence-electron chi connectivity index (χ3n) is 10.6. The zero-order valence-corrected chi connectivity index (χ0v) is 37.8. The van der Waals surface area contributed by atoms with Crippen molar-refractivity contribution >= 4 is 62.1 Å². The van der Waals surface area contributed by atoms with Gasteiger partial charge in [0.05, 0.1) is 72.7 Å². The van der Waals surface area contributed by atoms with E-state index >= 15 is 0 Å². The number of carbonyl (C=O) groups excluding carboxylic acids is 5. The van der Waals surface area contributed by atoms with Gasteiger partial charge in [-0.05, 0) is 80.6 Å². The van der Waals surface area contributed by atoms with Gasteiger partial charge in [0.25, 0.3) is 11.8 Å². The maximum Gasteiger partial charge on any atom is 0.266 e. The predicted molar refractivity (Wildman–Crippen MR) is 241 cm³/mol. The first-order chi connectivity index (χ1) is 32.2. The lowest BCUT2D eigenvalue weighted by molar-refractivity contribution is -0.136. The van der Waals surface area contributed by atoms with Crippen molar-refractivity contribution in [1.29, 1.82) is 0 Å². The number of fused-ring (bicyclic) bond motifs is 2. The predicted octanol–water partition coefficient (Wildman–Crippen LogP) is 4.09. The maximum absolute atomic E-state index is 13.5. The van der Waals surface area contributed by atoms with E-state index in [1.54, 1.807) is 37.3 Å². The van der Waals surface area contributed by atoms with Gasteiger partial charge in [-0.15, -0.1) is 0 Å². The average molecular weight is 961 g/mol. The molecule has 2 aliphatic rings. The summed E-state index contributed by atoms with van der Waals surface area (Å²) in [6.45, 7) is 3.82. The summed E-state index contributed by atoms with van der Waals surface area (Å²) in [7, 11) is -2.73. The SMILES string of the molecule is CCOc1cc2oc(-c3ccc(OCCOCCOCCOCCOc4cccc5c4C(=O)N(C4CCC(=O)NC4=O)C5=O)cc3Cl)cc(=O)c2cc1-c1cc(C(N)=O)cc(S(=O)(=O)NC)c1. The maximum atomic E-state index is 13.5. The van der Waals surface area contributed by atoms with Crippen molar-refractivity contribution in [3.8, 4) is 39.7 Å². The molecule has 0 bridgehead atoms. The van der Waals surface area contributed by atoms with E-state index in [-0.39, 0.29) is 119 Å². The van der Waals surface area contributed by atoms with E-state index in [0.717, 1.165) is 11.0 Å². The second-order valence-corrected chi connectivity index (χ2v) is 17.2. The number of hydrogen-bond donors (Lipinski definition) is 3. The van der Waals surface area contributed by atoms with Gasteiger partial charge < -0.3 is 38.6 Å². The van der Waals surface area contributed by atoms with Gasteiger partial charge >= 0.3 is 0 Å². The molecule has 0 spiro atoms. The number of ether oxygens (including phenoxy) is 6. The van der Waals surface area contributed by atoms with Crippen molar-refractivity contribution in [2.45, 2.75) is 30.7 Å². The molecule has 352 valence electrons. The van der Waals surface area contributed by atoms with Gasteiger partial charge in [0.1, 0.15) is 47.8 Å². The molecule has 0 aliphatic carbocycles. The first-order valence-electron chi connectivity index (χ1n) is 21.0. The van der Waals surface area contributed by atoms with Gasteiger partial charge in [-0.1, -0.05) is 17.7 Å². The highest BCUT2D eigenvalue weighted by Gasteiger charge is 2.46. The molecule has 0 saturated carbocycles. The number of nitrogens with two attached hydrogens (primary N) is 1. The van der Waals surface area contributed by atoms with Crippen LogP contribution in [0.3, 0.4) is 0 Å². The quantitative estimate of drug-likeness (QED) is 0.0652. The molecule has 7 rings (SSSR count). The summed E-state index contributed by atoms with van der Waals surface area (Å²) in [5, 5.41) is 2.59. The summed E-state index contributed by atoms with van der Waals surface area (Å²) < 4.78 is 67.9. The Morgan fingerprint density at radius 3 is 2.16 bits per heavy atom. The first-order valence-corrected chi connectivity index (χ1v) is 22.8. The van der Waals surface area contributed by atoms with E-state index < -0.39 is 51.0 Å². The second kappa shape index (κ2) is 21.3. The van der Waals surface area contributed by atoms with Crippen molar-refractivity contribution in [1.82, 2.24) is 14.9 Å². The Bertz CT molecular complexity index is 2920. The normalized spacial score (nSPS) is 14.9. The third-order valence-corrected chi connectivity index (χ3v) is 12.3. The summed E-state index contributed by atoms with van der Waals surface area (Å²) in [5.74, 6) is -2.18. The molecule has 3 heterocycles. The van der Waals surface area contributed by atoms with Crippen LogP contribution in [0.2, 0.25) is 5.02 Å². The smallest absolute Gasteiger partial charge is 0.266 e. The number of nitrogens with one attached hydrogen (secondary N) is 2. The van der Waals surface area contributed by atoms with E-state index in [1.807, 2.05) is 0 Å².